The zero-order valence-corrected chi connectivity index (χ0v) is 21.2. The van der Waals surface area contributed by atoms with Gasteiger partial charge < -0.3 is 14.5 Å². The molecule has 36 heavy (non-hydrogen) atoms. The van der Waals surface area contributed by atoms with E-state index >= 15 is 0 Å². The Morgan fingerprint density at radius 3 is 2.53 bits per heavy atom. The summed E-state index contributed by atoms with van der Waals surface area (Å²) >= 11 is 1.32. The van der Waals surface area contributed by atoms with Crippen molar-refractivity contribution in [2.45, 2.75) is 46.3 Å². The second-order valence-electron chi connectivity index (χ2n) is 8.36. The van der Waals surface area contributed by atoms with Gasteiger partial charge in [-0.3, -0.25) is 9.59 Å². The molecule has 0 saturated heterocycles. The second-order valence-corrected chi connectivity index (χ2v) is 9.22. The number of rotatable bonds is 11. The van der Waals surface area contributed by atoms with Crippen molar-refractivity contribution in [2.24, 2.45) is 0 Å². The second kappa shape index (κ2) is 11.9. The summed E-state index contributed by atoms with van der Waals surface area (Å²) in [6.45, 7) is 4.74. The van der Waals surface area contributed by atoms with Crippen molar-refractivity contribution in [1.29, 1.82) is 0 Å². The molecule has 2 heterocycles. The number of thiophene rings is 1. The number of aryl methyl sites for hydroxylation is 2. The number of H-pyrrole nitrogens is 1. The summed E-state index contributed by atoms with van der Waals surface area (Å²) in [7, 11) is 0. The van der Waals surface area contributed by atoms with Crippen LogP contribution in [0.5, 0.6) is 0 Å². The highest BCUT2D eigenvalue weighted by Crippen LogP contribution is 2.23. The minimum atomic E-state index is -0.356. The predicted octanol–water partition coefficient (Wildman–Crippen LogP) is 5.26. The Balaban J connectivity index is 1.37. The van der Waals surface area contributed by atoms with Crippen LogP contribution in [-0.4, -0.2) is 28.3 Å². The lowest BCUT2D eigenvalue weighted by Crippen LogP contribution is -2.16. The number of nitrogens with one attached hydrogen (secondary N) is 1. The zero-order chi connectivity index (χ0) is 25.5. The third kappa shape index (κ3) is 6.13. The van der Waals surface area contributed by atoms with Gasteiger partial charge in [-0.1, -0.05) is 43.3 Å². The van der Waals surface area contributed by atoms with Gasteiger partial charge in [-0.25, -0.2) is 9.78 Å². The van der Waals surface area contributed by atoms with E-state index in [1.165, 1.54) is 16.9 Å². The molecule has 4 rings (SSSR count). The van der Waals surface area contributed by atoms with Gasteiger partial charge in [0.05, 0.1) is 30.8 Å². The number of carbonyl (C=O) groups is 2. The fourth-order valence-corrected chi connectivity index (χ4v) is 4.78. The summed E-state index contributed by atoms with van der Waals surface area (Å²) in [6.07, 6.45) is 1.82. The standard InChI is InChI=1S/C28H28N2O5S/c1-3-18-6-5-7-19(14-18)10-13-23(31)25-29-26(32)24-22(17-36-27(24)30-25)16-34-15-20-8-11-21(12-9-20)28(33)35-4-2/h5-9,11-12,14,17H,3-4,10,13,15-16H2,1-2H3,(H,29,30,32). The van der Waals surface area contributed by atoms with E-state index in [0.717, 1.165) is 23.1 Å². The van der Waals surface area contributed by atoms with Crippen molar-refractivity contribution in [2.75, 3.05) is 6.61 Å². The number of hydrogen-bond acceptors (Lipinski definition) is 7. The van der Waals surface area contributed by atoms with Gasteiger partial charge in [0.25, 0.3) is 5.56 Å². The lowest BCUT2D eigenvalue weighted by atomic mass is 10.0. The van der Waals surface area contributed by atoms with Gasteiger partial charge >= 0.3 is 5.97 Å². The average Bonchev–Trinajstić information content (AvgIpc) is 3.31. The van der Waals surface area contributed by atoms with Crippen LogP contribution in [0.15, 0.2) is 58.7 Å². The quantitative estimate of drug-likeness (QED) is 0.221. The number of ketones is 1. The van der Waals surface area contributed by atoms with Gasteiger partial charge in [0, 0.05) is 12.0 Å². The van der Waals surface area contributed by atoms with Crippen LogP contribution in [0.2, 0.25) is 0 Å². The number of esters is 1. The molecule has 0 bridgehead atoms. The van der Waals surface area contributed by atoms with Crippen LogP contribution in [0.1, 0.15) is 63.5 Å². The molecule has 0 saturated carbocycles. The molecule has 186 valence electrons. The SMILES string of the molecule is CCOC(=O)c1ccc(COCc2csc3nc(C(=O)CCc4cccc(CC)c4)[nH]c(=O)c23)cc1. The van der Waals surface area contributed by atoms with Crippen LogP contribution in [0.25, 0.3) is 10.2 Å². The minimum Gasteiger partial charge on any atom is -0.462 e. The fourth-order valence-electron chi connectivity index (χ4n) is 3.86. The molecule has 2 aromatic heterocycles. The van der Waals surface area contributed by atoms with E-state index in [9.17, 15) is 14.4 Å². The first-order valence-electron chi connectivity index (χ1n) is 11.9. The number of aromatic amines is 1. The molecule has 0 spiro atoms. The molecule has 0 aliphatic heterocycles. The van der Waals surface area contributed by atoms with E-state index in [0.29, 0.717) is 35.4 Å². The Kier molecular flexibility index (Phi) is 8.40. The van der Waals surface area contributed by atoms with Crippen molar-refractivity contribution >= 4 is 33.3 Å². The summed E-state index contributed by atoms with van der Waals surface area (Å²) in [5.74, 6) is -0.450. The number of benzene rings is 2. The summed E-state index contributed by atoms with van der Waals surface area (Å²) in [4.78, 5) is 44.9. The molecule has 0 atom stereocenters. The van der Waals surface area contributed by atoms with E-state index in [-0.39, 0.29) is 36.2 Å². The molecule has 0 amide bonds. The average molecular weight is 505 g/mol. The van der Waals surface area contributed by atoms with E-state index in [1.807, 2.05) is 29.6 Å². The normalized spacial score (nSPS) is 11.1. The zero-order valence-electron chi connectivity index (χ0n) is 20.3. The van der Waals surface area contributed by atoms with E-state index < -0.39 is 0 Å². The highest BCUT2D eigenvalue weighted by Gasteiger charge is 2.16. The van der Waals surface area contributed by atoms with Crippen LogP contribution < -0.4 is 5.56 Å². The minimum absolute atomic E-state index is 0.0927. The van der Waals surface area contributed by atoms with Crippen LogP contribution >= 0.6 is 11.3 Å². The van der Waals surface area contributed by atoms with Crippen LogP contribution in [0.4, 0.5) is 0 Å². The first kappa shape index (κ1) is 25.5. The van der Waals surface area contributed by atoms with Crippen molar-refractivity contribution < 1.29 is 19.1 Å². The molecule has 0 unspecified atom stereocenters. The van der Waals surface area contributed by atoms with Gasteiger partial charge in [0.1, 0.15) is 4.83 Å². The summed E-state index contributed by atoms with van der Waals surface area (Å²) in [5.41, 5.74) is 4.10. The Hall–Kier alpha value is -3.62. The van der Waals surface area contributed by atoms with E-state index in [4.69, 9.17) is 9.47 Å². The Bertz CT molecular complexity index is 1420. The first-order valence-corrected chi connectivity index (χ1v) is 12.8. The van der Waals surface area contributed by atoms with Gasteiger partial charge in [0.2, 0.25) is 0 Å². The van der Waals surface area contributed by atoms with Gasteiger partial charge in [-0.2, -0.15) is 0 Å². The highest BCUT2D eigenvalue weighted by molar-refractivity contribution is 7.16. The number of nitrogens with zero attached hydrogens (tertiary/aromatic N) is 1. The number of Topliss-reactive ketones (excluding diaryl/α,β-unsaturated/α-hetero) is 1. The molecular formula is C28H28N2O5S. The summed E-state index contributed by atoms with van der Waals surface area (Å²) < 4.78 is 10.8. The van der Waals surface area contributed by atoms with Crippen LogP contribution in [0.3, 0.4) is 0 Å². The van der Waals surface area contributed by atoms with Gasteiger partial charge in [-0.05, 0) is 54.0 Å². The molecule has 0 radical (unpaired) electrons. The van der Waals surface area contributed by atoms with Gasteiger partial charge in [0.15, 0.2) is 11.6 Å². The molecule has 8 heteroatoms. The highest BCUT2D eigenvalue weighted by atomic mass is 32.1. The largest absolute Gasteiger partial charge is 0.462 e. The van der Waals surface area contributed by atoms with E-state index in [1.54, 1.807) is 19.1 Å². The number of ether oxygens (including phenoxy) is 2. The summed E-state index contributed by atoms with van der Waals surface area (Å²) in [5, 5.41) is 2.28. The van der Waals surface area contributed by atoms with E-state index in [2.05, 4.69) is 29.0 Å². The third-order valence-electron chi connectivity index (χ3n) is 5.82. The number of aromatic nitrogens is 2. The molecule has 4 aromatic rings. The monoisotopic (exact) mass is 504 g/mol. The summed E-state index contributed by atoms with van der Waals surface area (Å²) in [6, 6.07) is 15.2. The molecule has 7 nitrogen and oxygen atoms in total. The topological polar surface area (TPSA) is 98.3 Å². The fraction of sp³-hybridized carbons (Fsp3) is 0.286. The Morgan fingerprint density at radius 2 is 1.78 bits per heavy atom. The molecule has 0 fully saturated rings. The lowest BCUT2D eigenvalue weighted by Gasteiger charge is -2.06. The van der Waals surface area contributed by atoms with Crippen LogP contribution in [-0.2, 0) is 35.5 Å². The molecule has 0 aliphatic rings. The van der Waals surface area contributed by atoms with Crippen LogP contribution in [0, 0.1) is 0 Å². The van der Waals surface area contributed by atoms with Crippen molar-refractivity contribution in [3.8, 4) is 0 Å². The number of fused-ring (bicyclic) bond motifs is 1. The lowest BCUT2D eigenvalue weighted by molar-refractivity contribution is 0.0526. The molecular weight excluding hydrogens is 476 g/mol. The molecule has 1 N–H and O–H groups in total. The van der Waals surface area contributed by atoms with Crippen molar-refractivity contribution in [1.82, 2.24) is 9.97 Å². The maximum atomic E-state index is 12.8. The number of hydrogen-bond donors (Lipinski definition) is 1. The smallest absolute Gasteiger partial charge is 0.338 e. The van der Waals surface area contributed by atoms with Gasteiger partial charge in [-0.15, -0.1) is 11.3 Å². The maximum absolute atomic E-state index is 12.8. The predicted molar refractivity (Wildman–Crippen MR) is 140 cm³/mol. The number of carbonyl (C=O) groups excluding carboxylic acids is 2. The molecule has 0 aliphatic carbocycles. The first-order chi connectivity index (χ1) is 17.5. The Labute approximate surface area is 213 Å². The van der Waals surface area contributed by atoms with Crippen molar-refractivity contribution in [3.63, 3.8) is 0 Å². The third-order valence-corrected chi connectivity index (χ3v) is 6.74. The maximum Gasteiger partial charge on any atom is 0.338 e. The Morgan fingerprint density at radius 1 is 1.00 bits per heavy atom. The van der Waals surface area contributed by atoms with Crippen molar-refractivity contribution in [3.05, 3.63) is 97.9 Å². The molecule has 2 aromatic carbocycles.